The molecule has 7 nitrogen and oxygen atoms in total. The van der Waals surface area contributed by atoms with E-state index in [1.165, 1.54) is 10.6 Å². The highest BCUT2D eigenvalue weighted by molar-refractivity contribution is 5.86. The maximum atomic E-state index is 13.1. The zero-order valence-electron chi connectivity index (χ0n) is 17.3. The Hall–Kier alpha value is -3.87. The third-order valence-electron chi connectivity index (χ3n) is 4.93. The summed E-state index contributed by atoms with van der Waals surface area (Å²) >= 11 is 0. The number of carboxylic acid groups (broad SMARTS) is 1. The average Bonchev–Trinajstić information content (AvgIpc) is 3.20. The molecule has 0 aliphatic rings. The number of benzene rings is 2. The predicted octanol–water partition coefficient (Wildman–Crippen LogP) is 4.17. The van der Waals surface area contributed by atoms with Crippen molar-refractivity contribution in [1.82, 2.24) is 14.6 Å². The maximum Gasteiger partial charge on any atom is 0.353 e. The first-order valence-electron chi connectivity index (χ1n) is 10.1. The summed E-state index contributed by atoms with van der Waals surface area (Å²) in [5.74, 6) is -0.198. The summed E-state index contributed by atoms with van der Waals surface area (Å²) in [4.78, 5) is 29.0. The van der Waals surface area contributed by atoms with Crippen LogP contribution in [0.5, 0.6) is 5.75 Å². The van der Waals surface area contributed by atoms with Crippen molar-refractivity contribution in [2.45, 2.75) is 26.9 Å². The van der Waals surface area contributed by atoms with E-state index in [0.29, 0.717) is 30.0 Å². The maximum absolute atomic E-state index is 13.1. The lowest BCUT2D eigenvalue weighted by Gasteiger charge is -2.12. The molecule has 2 aromatic carbocycles. The Kier molecular flexibility index (Phi) is 5.58. The van der Waals surface area contributed by atoms with Crippen LogP contribution in [0.4, 0.5) is 0 Å². The molecular weight excluding hydrogens is 394 g/mol. The van der Waals surface area contributed by atoms with Crippen LogP contribution in [-0.4, -0.2) is 25.7 Å². The fourth-order valence-electron chi connectivity index (χ4n) is 3.45. The number of nitrogens with zero attached hydrogens (tertiary/aromatic N) is 2. The van der Waals surface area contributed by atoms with Gasteiger partial charge in [-0.05, 0) is 42.2 Å². The minimum atomic E-state index is -1.14. The van der Waals surface area contributed by atoms with E-state index in [4.69, 9.17) is 4.74 Å². The van der Waals surface area contributed by atoms with Crippen LogP contribution in [-0.2, 0) is 13.0 Å². The van der Waals surface area contributed by atoms with Crippen LogP contribution in [0.15, 0.2) is 65.5 Å². The summed E-state index contributed by atoms with van der Waals surface area (Å²) in [7, 11) is 0. The van der Waals surface area contributed by atoms with Gasteiger partial charge in [0.25, 0.3) is 5.56 Å². The fourth-order valence-corrected chi connectivity index (χ4v) is 3.45. The number of hydrogen-bond donors (Lipinski definition) is 2. The molecule has 0 saturated carbocycles. The molecule has 4 rings (SSSR count). The molecule has 0 spiro atoms. The van der Waals surface area contributed by atoms with Gasteiger partial charge in [0.1, 0.15) is 18.1 Å². The first-order valence-corrected chi connectivity index (χ1v) is 10.1. The lowest BCUT2D eigenvalue weighted by Crippen LogP contribution is -2.23. The number of aromatic carboxylic acids is 1. The molecule has 2 aromatic heterocycles. The van der Waals surface area contributed by atoms with E-state index in [9.17, 15) is 14.7 Å². The highest BCUT2D eigenvalue weighted by atomic mass is 16.5. The minimum Gasteiger partial charge on any atom is -0.489 e. The molecule has 0 unspecified atom stereocenters. The molecule has 0 radical (unpaired) electrons. The molecule has 158 valence electrons. The number of fused-ring (bicyclic) bond motifs is 1. The molecule has 2 heterocycles. The van der Waals surface area contributed by atoms with Crippen LogP contribution in [0.25, 0.3) is 16.9 Å². The summed E-state index contributed by atoms with van der Waals surface area (Å²) in [5.41, 5.74) is 2.86. The third-order valence-corrected chi connectivity index (χ3v) is 4.93. The SMILES string of the molecule is CC(C)Cc1c(-c2ccc(OCc3ccccc3)cc2)nc2cc(C(=O)O)[nH]n2c1=O. The monoisotopic (exact) mass is 417 g/mol. The number of hydrogen-bond acceptors (Lipinski definition) is 4. The largest absolute Gasteiger partial charge is 0.489 e. The zero-order valence-corrected chi connectivity index (χ0v) is 17.3. The molecule has 0 aliphatic carbocycles. The molecule has 0 amide bonds. The Balaban J connectivity index is 1.70. The van der Waals surface area contributed by atoms with Crippen molar-refractivity contribution in [3.05, 3.63) is 87.8 Å². The molecule has 2 N–H and O–H groups in total. The Morgan fingerprint density at radius 3 is 2.48 bits per heavy atom. The summed E-state index contributed by atoms with van der Waals surface area (Å²) in [6, 6.07) is 18.7. The van der Waals surface area contributed by atoms with Gasteiger partial charge in [0.15, 0.2) is 5.65 Å². The number of carbonyl (C=O) groups is 1. The molecule has 0 atom stereocenters. The van der Waals surface area contributed by atoms with E-state index in [-0.39, 0.29) is 22.8 Å². The molecule has 4 aromatic rings. The van der Waals surface area contributed by atoms with Crippen LogP contribution in [0, 0.1) is 5.92 Å². The summed E-state index contributed by atoms with van der Waals surface area (Å²) in [5, 5.41) is 11.9. The van der Waals surface area contributed by atoms with Gasteiger partial charge >= 0.3 is 5.97 Å². The third kappa shape index (κ3) is 4.35. The summed E-state index contributed by atoms with van der Waals surface area (Å²) in [6.07, 6.45) is 0.526. The second kappa shape index (κ2) is 8.47. The molecule has 7 heteroatoms. The topological polar surface area (TPSA) is 96.7 Å². The Bertz CT molecular complexity index is 1270. The normalized spacial score (nSPS) is 11.2. The standard InChI is InChI=1S/C24H23N3O4/c1-15(2)12-19-22(25-21-13-20(24(29)30)26-27(21)23(19)28)17-8-10-18(11-9-17)31-14-16-6-4-3-5-7-16/h3-11,13,15,26H,12,14H2,1-2H3,(H,29,30). The first-order chi connectivity index (χ1) is 14.9. The van der Waals surface area contributed by atoms with Gasteiger partial charge in [0.2, 0.25) is 0 Å². The van der Waals surface area contributed by atoms with Crippen molar-refractivity contribution >= 4 is 11.6 Å². The van der Waals surface area contributed by atoms with Crippen molar-refractivity contribution in [1.29, 1.82) is 0 Å². The number of carboxylic acids is 1. The zero-order chi connectivity index (χ0) is 22.0. The Morgan fingerprint density at radius 2 is 1.84 bits per heavy atom. The number of H-pyrrole nitrogens is 1. The van der Waals surface area contributed by atoms with Crippen molar-refractivity contribution < 1.29 is 14.6 Å². The van der Waals surface area contributed by atoms with Gasteiger partial charge in [-0.25, -0.2) is 14.3 Å². The van der Waals surface area contributed by atoms with Crippen LogP contribution < -0.4 is 10.3 Å². The molecular formula is C24H23N3O4. The lowest BCUT2D eigenvalue weighted by atomic mass is 9.99. The molecule has 0 fully saturated rings. The minimum absolute atomic E-state index is 0.0816. The second-order valence-corrected chi connectivity index (χ2v) is 7.81. The average molecular weight is 417 g/mol. The van der Waals surface area contributed by atoms with E-state index in [2.05, 4.69) is 10.1 Å². The van der Waals surface area contributed by atoms with E-state index in [1.54, 1.807) is 0 Å². The Labute approximate surface area is 178 Å². The molecule has 0 bridgehead atoms. The van der Waals surface area contributed by atoms with E-state index >= 15 is 0 Å². The molecule has 0 saturated heterocycles. The van der Waals surface area contributed by atoms with Crippen molar-refractivity contribution in [2.24, 2.45) is 5.92 Å². The number of rotatable bonds is 7. The van der Waals surface area contributed by atoms with Crippen molar-refractivity contribution in [3.63, 3.8) is 0 Å². The highest BCUT2D eigenvalue weighted by Crippen LogP contribution is 2.25. The van der Waals surface area contributed by atoms with E-state index in [0.717, 1.165) is 11.1 Å². The fraction of sp³-hybridized carbons (Fsp3) is 0.208. The van der Waals surface area contributed by atoms with Gasteiger partial charge in [0, 0.05) is 17.2 Å². The number of aromatic amines is 1. The second-order valence-electron chi connectivity index (χ2n) is 7.81. The van der Waals surface area contributed by atoms with E-state index < -0.39 is 5.97 Å². The van der Waals surface area contributed by atoms with Crippen molar-refractivity contribution in [2.75, 3.05) is 0 Å². The van der Waals surface area contributed by atoms with Gasteiger partial charge < -0.3 is 9.84 Å². The number of ether oxygens (including phenoxy) is 1. The Morgan fingerprint density at radius 1 is 1.13 bits per heavy atom. The highest BCUT2D eigenvalue weighted by Gasteiger charge is 2.18. The predicted molar refractivity (Wildman–Crippen MR) is 118 cm³/mol. The van der Waals surface area contributed by atoms with E-state index in [1.807, 2.05) is 68.4 Å². The quantitative estimate of drug-likeness (QED) is 0.471. The summed E-state index contributed by atoms with van der Waals surface area (Å²) in [6.45, 7) is 4.51. The number of nitrogens with one attached hydrogen (secondary N) is 1. The van der Waals surface area contributed by atoms with Gasteiger partial charge in [0.05, 0.1) is 5.69 Å². The van der Waals surface area contributed by atoms with Crippen LogP contribution in [0.2, 0.25) is 0 Å². The van der Waals surface area contributed by atoms with Gasteiger partial charge in [-0.3, -0.25) is 9.89 Å². The molecule has 0 aliphatic heterocycles. The number of aromatic nitrogens is 3. The van der Waals surface area contributed by atoms with Gasteiger partial charge in [-0.15, -0.1) is 0 Å². The van der Waals surface area contributed by atoms with Crippen LogP contribution in [0.1, 0.15) is 35.5 Å². The van der Waals surface area contributed by atoms with Gasteiger partial charge in [-0.1, -0.05) is 44.2 Å². The first kappa shape index (κ1) is 20.4. The smallest absolute Gasteiger partial charge is 0.353 e. The lowest BCUT2D eigenvalue weighted by molar-refractivity contribution is 0.0690. The van der Waals surface area contributed by atoms with Crippen molar-refractivity contribution in [3.8, 4) is 17.0 Å². The van der Waals surface area contributed by atoms with Gasteiger partial charge in [-0.2, -0.15) is 0 Å². The van der Waals surface area contributed by atoms with Crippen LogP contribution in [0.3, 0.4) is 0 Å². The van der Waals surface area contributed by atoms with Crippen LogP contribution >= 0.6 is 0 Å². The molecule has 31 heavy (non-hydrogen) atoms. The summed E-state index contributed by atoms with van der Waals surface area (Å²) < 4.78 is 7.04.